The molecule has 1 heterocycles. The molecule has 3 N–H and O–H groups in total. The molecule has 2 rings (SSSR count). The molecule has 20 heavy (non-hydrogen) atoms. The number of aromatic amines is 1. The van der Waals surface area contributed by atoms with Crippen molar-refractivity contribution in [3.05, 3.63) is 36.3 Å². The first-order chi connectivity index (χ1) is 9.38. The summed E-state index contributed by atoms with van der Waals surface area (Å²) in [5.74, 6) is -1.23. The summed E-state index contributed by atoms with van der Waals surface area (Å²) in [6, 6.07) is 4.69. The van der Waals surface area contributed by atoms with Crippen LogP contribution in [0.5, 0.6) is 0 Å². The quantitative estimate of drug-likeness (QED) is 0.791. The lowest BCUT2D eigenvalue weighted by molar-refractivity contribution is -0.114. The second-order valence-electron chi connectivity index (χ2n) is 3.90. The number of carbonyl (C=O) groups excluding carboxylic acids is 1. The Balaban J connectivity index is 2.30. The molecule has 106 valence electrons. The number of sulfonamides is 1. The van der Waals surface area contributed by atoms with Gasteiger partial charge in [-0.25, -0.2) is 12.8 Å². The minimum Gasteiger partial charge on any atom is -0.326 e. The average Bonchev–Trinajstić information content (AvgIpc) is 2.79. The summed E-state index contributed by atoms with van der Waals surface area (Å²) in [6.07, 6.45) is 1.36. The van der Waals surface area contributed by atoms with E-state index in [1.807, 2.05) is 0 Å². The van der Waals surface area contributed by atoms with E-state index in [1.54, 1.807) is 0 Å². The van der Waals surface area contributed by atoms with Crippen molar-refractivity contribution in [1.82, 2.24) is 10.2 Å². The van der Waals surface area contributed by atoms with Crippen LogP contribution in [0, 0.1) is 5.82 Å². The van der Waals surface area contributed by atoms with E-state index in [2.05, 4.69) is 20.2 Å². The molecule has 0 atom stereocenters. The van der Waals surface area contributed by atoms with Crippen molar-refractivity contribution in [1.29, 1.82) is 0 Å². The Morgan fingerprint density at radius 1 is 1.35 bits per heavy atom. The van der Waals surface area contributed by atoms with Crippen LogP contribution in [-0.2, 0) is 14.8 Å². The number of rotatable bonds is 4. The number of aromatic nitrogens is 2. The minimum absolute atomic E-state index is 0.121. The lowest BCUT2D eigenvalue weighted by atomic mass is 10.3. The van der Waals surface area contributed by atoms with Gasteiger partial charge in [-0.15, -0.1) is 0 Å². The molecule has 0 unspecified atom stereocenters. The minimum atomic E-state index is -4.07. The van der Waals surface area contributed by atoms with Crippen molar-refractivity contribution in [2.24, 2.45) is 0 Å². The third kappa shape index (κ3) is 3.12. The summed E-state index contributed by atoms with van der Waals surface area (Å²) in [5.41, 5.74) is 0.176. The molecule has 0 aliphatic carbocycles. The SMILES string of the molecule is CC(=O)Nc1ccc(S(=O)(=O)Nc2ccn[nH]2)c(F)c1. The van der Waals surface area contributed by atoms with Gasteiger partial charge in [0.2, 0.25) is 5.91 Å². The van der Waals surface area contributed by atoms with Crippen LogP contribution in [0.25, 0.3) is 0 Å². The monoisotopic (exact) mass is 298 g/mol. The van der Waals surface area contributed by atoms with Crippen LogP contribution in [-0.4, -0.2) is 24.5 Å². The first-order valence-electron chi connectivity index (χ1n) is 5.48. The Morgan fingerprint density at radius 2 is 2.10 bits per heavy atom. The van der Waals surface area contributed by atoms with Gasteiger partial charge in [-0.05, 0) is 18.2 Å². The number of nitrogens with one attached hydrogen (secondary N) is 3. The third-order valence-corrected chi connectivity index (χ3v) is 3.69. The summed E-state index contributed by atoms with van der Waals surface area (Å²) >= 11 is 0. The lowest BCUT2D eigenvalue weighted by Crippen LogP contribution is -2.15. The Morgan fingerprint density at radius 3 is 2.65 bits per heavy atom. The zero-order valence-corrected chi connectivity index (χ0v) is 11.2. The van der Waals surface area contributed by atoms with Gasteiger partial charge in [-0.3, -0.25) is 14.6 Å². The molecule has 0 saturated heterocycles. The van der Waals surface area contributed by atoms with Gasteiger partial charge in [0.1, 0.15) is 16.5 Å². The fourth-order valence-corrected chi connectivity index (χ4v) is 2.59. The molecule has 0 radical (unpaired) electrons. The molecule has 0 aliphatic rings. The van der Waals surface area contributed by atoms with Gasteiger partial charge in [0.25, 0.3) is 10.0 Å². The first-order valence-corrected chi connectivity index (χ1v) is 6.96. The molecule has 1 amide bonds. The molecule has 2 aromatic rings. The van der Waals surface area contributed by atoms with Crippen molar-refractivity contribution >= 4 is 27.4 Å². The number of carbonyl (C=O) groups is 1. The van der Waals surface area contributed by atoms with Crippen LogP contribution < -0.4 is 10.0 Å². The highest BCUT2D eigenvalue weighted by molar-refractivity contribution is 7.92. The topological polar surface area (TPSA) is 104 Å². The van der Waals surface area contributed by atoms with Crippen molar-refractivity contribution < 1.29 is 17.6 Å². The molecule has 0 spiro atoms. The lowest BCUT2D eigenvalue weighted by Gasteiger charge is -2.08. The van der Waals surface area contributed by atoms with Gasteiger partial charge in [0.05, 0.1) is 6.20 Å². The number of halogens is 1. The van der Waals surface area contributed by atoms with Crippen LogP contribution >= 0.6 is 0 Å². The molecule has 7 nitrogen and oxygen atoms in total. The summed E-state index contributed by atoms with van der Waals surface area (Å²) in [4.78, 5) is 10.3. The predicted octanol–water partition coefficient (Wildman–Crippen LogP) is 1.31. The van der Waals surface area contributed by atoms with Gasteiger partial charge in [-0.2, -0.15) is 5.10 Å². The number of benzene rings is 1. The molecule has 1 aromatic carbocycles. The maximum absolute atomic E-state index is 13.8. The Bertz CT molecular complexity index is 728. The van der Waals surface area contributed by atoms with E-state index in [0.717, 1.165) is 12.1 Å². The first kappa shape index (κ1) is 14.0. The summed E-state index contributed by atoms with van der Waals surface area (Å²) in [7, 11) is -4.07. The second-order valence-corrected chi connectivity index (χ2v) is 5.55. The predicted molar refractivity (Wildman–Crippen MR) is 70.1 cm³/mol. The van der Waals surface area contributed by atoms with E-state index in [9.17, 15) is 17.6 Å². The number of H-pyrrole nitrogens is 1. The maximum Gasteiger partial charge on any atom is 0.265 e. The Hall–Kier alpha value is -2.42. The average molecular weight is 298 g/mol. The number of amides is 1. The third-order valence-electron chi connectivity index (χ3n) is 2.29. The highest BCUT2D eigenvalue weighted by Gasteiger charge is 2.20. The number of hydrogen-bond donors (Lipinski definition) is 3. The standard InChI is InChI=1S/C11H11FN4O3S/c1-7(17)14-8-2-3-10(9(12)6-8)20(18,19)16-11-4-5-13-15-11/h2-6H,1H3,(H,14,17)(H2,13,15,16). The van der Waals surface area contributed by atoms with Crippen LogP contribution in [0.4, 0.5) is 15.9 Å². The molecule has 0 aliphatic heterocycles. The van der Waals surface area contributed by atoms with Gasteiger partial charge >= 0.3 is 0 Å². The van der Waals surface area contributed by atoms with Gasteiger partial charge in [-0.1, -0.05) is 0 Å². The van der Waals surface area contributed by atoms with E-state index in [1.165, 1.54) is 25.3 Å². The van der Waals surface area contributed by atoms with Crippen molar-refractivity contribution in [2.75, 3.05) is 10.0 Å². The van der Waals surface area contributed by atoms with Crippen LogP contribution in [0.2, 0.25) is 0 Å². The fraction of sp³-hybridized carbons (Fsp3) is 0.0909. The van der Waals surface area contributed by atoms with E-state index >= 15 is 0 Å². The summed E-state index contributed by atoms with van der Waals surface area (Å²) in [5, 5.41) is 8.34. The Labute approximate surface area is 114 Å². The summed E-state index contributed by atoms with van der Waals surface area (Å²) < 4.78 is 39.9. The maximum atomic E-state index is 13.8. The smallest absolute Gasteiger partial charge is 0.265 e. The zero-order chi connectivity index (χ0) is 14.8. The highest BCUT2D eigenvalue weighted by Crippen LogP contribution is 2.21. The number of nitrogens with zero attached hydrogens (tertiary/aromatic N) is 1. The highest BCUT2D eigenvalue weighted by atomic mass is 32.2. The molecular weight excluding hydrogens is 287 g/mol. The molecule has 9 heteroatoms. The van der Waals surface area contributed by atoms with E-state index in [0.29, 0.717) is 0 Å². The number of anilines is 2. The van der Waals surface area contributed by atoms with Gasteiger partial charge in [0, 0.05) is 18.7 Å². The van der Waals surface area contributed by atoms with E-state index in [4.69, 9.17) is 0 Å². The van der Waals surface area contributed by atoms with Crippen molar-refractivity contribution in [3.63, 3.8) is 0 Å². The largest absolute Gasteiger partial charge is 0.326 e. The second kappa shape index (κ2) is 5.29. The molecule has 1 aromatic heterocycles. The zero-order valence-electron chi connectivity index (χ0n) is 10.3. The number of hydrogen-bond acceptors (Lipinski definition) is 4. The molecule has 0 saturated carbocycles. The van der Waals surface area contributed by atoms with Crippen LogP contribution in [0.15, 0.2) is 35.4 Å². The van der Waals surface area contributed by atoms with Crippen molar-refractivity contribution in [2.45, 2.75) is 11.8 Å². The molecule has 0 bridgehead atoms. The van der Waals surface area contributed by atoms with E-state index in [-0.39, 0.29) is 17.4 Å². The fourth-order valence-electron chi connectivity index (χ4n) is 1.51. The van der Waals surface area contributed by atoms with Crippen LogP contribution in [0.1, 0.15) is 6.92 Å². The van der Waals surface area contributed by atoms with Gasteiger partial charge < -0.3 is 5.32 Å². The van der Waals surface area contributed by atoms with E-state index < -0.39 is 20.7 Å². The summed E-state index contributed by atoms with van der Waals surface area (Å²) in [6.45, 7) is 1.27. The Kier molecular flexibility index (Phi) is 3.70. The molecule has 0 fully saturated rings. The molecular formula is C11H11FN4O3S. The van der Waals surface area contributed by atoms with Crippen molar-refractivity contribution in [3.8, 4) is 0 Å². The van der Waals surface area contributed by atoms with Gasteiger partial charge in [0.15, 0.2) is 0 Å². The van der Waals surface area contributed by atoms with Crippen LogP contribution in [0.3, 0.4) is 0 Å². The normalized spacial score (nSPS) is 11.1.